The van der Waals surface area contributed by atoms with Crippen LogP contribution in [0.3, 0.4) is 0 Å². The van der Waals surface area contributed by atoms with Gasteiger partial charge in [-0.25, -0.2) is 4.39 Å². The Bertz CT molecular complexity index is 1340. The highest BCUT2D eigenvalue weighted by Gasteiger charge is 2.22. The number of nitrogens with zero attached hydrogens (tertiary/aromatic N) is 4. The number of halogens is 2. The summed E-state index contributed by atoms with van der Waals surface area (Å²) in [5, 5.41) is 6.27. The van der Waals surface area contributed by atoms with Crippen LogP contribution in [0.25, 0.3) is 27.5 Å². The van der Waals surface area contributed by atoms with E-state index in [1.54, 1.807) is 50.0 Å². The molecule has 0 aliphatic carbocycles. The summed E-state index contributed by atoms with van der Waals surface area (Å²) in [5.41, 5.74) is 1.02. The first kappa shape index (κ1) is 19.1. The van der Waals surface area contributed by atoms with Gasteiger partial charge in [-0.05, 0) is 24.3 Å². The van der Waals surface area contributed by atoms with Crippen molar-refractivity contribution in [3.05, 3.63) is 69.4 Å². The summed E-state index contributed by atoms with van der Waals surface area (Å²) in [6, 6.07) is 11.2. The Balaban J connectivity index is 2.15. The Morgan fingerprint density at radius 3 is 2.62 bits per heavy atom. The molecule has 2 aromatic heterocycles. The van der Waals surface area contributed by atoms with Gasteiger partial charge in [-0.2, -0.15) is 9.78 Å². The number of aromatic nitrogens is 3. The molecule has 4 rings (SSSR count). The Labute approximate surface area is 170 Å². The third kappa shape index (κ3) is 3.07. The first-order valence-electron chi connectivity index (χ1n) is 8.94. The van der Waals surface area contributed by atoms with E-state index in [9.17, 15) is 14.0 Å². The van der Waals surface area contributed by atoms with Gasteiger partial charge in [0, 0.05) is 36.9 Å². The highest BCUT2D eigenvalue weighted by molar-refractivity contribution is 6.31. The molecule has 0 spiro atoms. The summed E-state index contributed by atoms with van der Waals surface area (Å²) in [5.74, 6) is -0.753. The quantitative estimate of drug-likeness (QED) is 0.518. The number of carbonyl (C=O) groups is 1. The van der Waals surface area contributed by atoms with E-state index in [0.717, 1.165) is 15.6 Å². The van der Waals surface area contributed by atoms with Gasteiger partial charge in [0.05, 0.1) is 17.6 Å². The number of rotatable bonds is 3. The fourth-order valence-corrected chi connectivity index (χ4v) is 3.65. The second-order valence-corrected chi connectivity index (χ2v) is 7.46. The minimum absolute atomic E-state index is 0.0278. The lowest BCUT2D eigenvalue weighted by atomic mass is 10.1. The molecule has 8 heteroatoms. The Morgan fingerprint density at radius 1 is 1.21 bits per heavy atom. The van der Waals surface area contributed by atoms with Gasteiger partial charge in [0.2, 0.25) is 5.91 Å². The molecule has 0 unspecified atom stereocenters. The summed E-state index contributed by atoms with van der Waals surface area (Å²) in [6.45, 7) is 0. The van der Waals surface area contributed by atoms with E-state index < -0.39 is 11.4 Å². The topological polar surface area (TPSA) is 60.1 Å². The van der Waals surface area contributed by atoms with E-state index in [4.69, 9.17) is 11.6 Å². The van der Waals surface area contributed by atoms with Crippen molar-refractivity contribution in [1.82, 2.24) is 19.2 Å². The van der Waals surface area contributed by atoms with Crippen molar-refractivity contribution in [1.29, 1.82) is 0 Å². The number of aryl methyl sites for hydroxylation is 1. The fourth-order valence-electron chi connectivity index (χ4n) is 3.48. The van der Waals surface area contributed by atoms with E-state index in [1.807, 2.05) is 0 Å². The Hall–Kier alpha value is -3.19. The van der Waals surface area contributed by atoms with Crippen LogP contribution in [0.1, 0.15) is 5.69 Å². The SMILES string of the molecule is CN(C)C(=O)Cc1nn(-c2ccccc2F)c(=O)c2c1c1ccc(Cl)cc1n2C. The van der Waals surface area contributed by atoms with E-state index in [1.165, 1.54) is 23.1 Å². The number of para-hydroxylation sites is 1. The Morgan fingerprint density at radius 2 is 1.93 bits per heavy atom. The van der Waals surface area contributed by atoms with E-state index in [-0.39, 0.29) is 18.0 Å². The molecule has 148 valence electrons. The number of carbonyl (C=O) groups excluding carboxylic acids is 1. The van der Waals surface area contributed by atoms with E-state index in [2.05, 4.69) is 5.10 Å². The molecule has 0 radical (unpaired) electrons. The normalized spacial score (nSPS) is 11.3. The van der Waals surface area contributed by atoms with Crippen LogP contribution < -0.4 is 5.56 Å². The van der Waals surface area contributed by atoms with E-state index in [0.29, 0.717) is 21.6 Å². The molecule has 2 heterocycles. The largest absolute Gasteiger partial charge is 0.348 e. The number of hydrogen-bond donors (Lipinski definition) is 0. The van der Waals surface area contributed by atoms with Gasteiger partial charge in [-0.3, -0.25) is 9.59 Å². The number of benzene rings is 2. The van der Waals surface area contributed by atoms with Crippen LogP contribution in [-0.2, 0) is 18.3 Å². The molecule has 0 N–H and O–H groups in total. The van der Waals surface area contributed by atoms with Crippen LogP contribution in [0, 0.1) is 5.82 Å². The van der Waals surface area contributed by atoms with Crippen LogP contribution in [0.2, 0.25) is 5.02 Å². The minimum Gasteiger partial charge on any atom is -0.348 e. The average Bonchev–Trinajstić information content (AvgIpc) is 2.97. The van der Waals surface area contributed by atoms with Crippen molar-refractivity contribution >= 4 is 39.3 Å². The summed E-state index contributed by atoms with van der Waals surface area (Å²) in [4.78, 5) is 27.2. The number of fused-ring (bicyclic) bond motifs is 3. The summed E-state index contributed by atoms with van der Waals surface area (Å²) in [6.07, 6.45) is -0.0278. The molecule has 0 atom stereocenters. The van der Waals surface area contributed by atoms with Gasteiger partial charge >= 0.3 is 0 Å². The maximum atomic E-state index is 14.4. The molecule has 0 aliphatic rings. The zero-order valence-corrected chi connectivity index (χ0v) is 16.9. The van der Waals surface area contributed by atoms with Crippen LogP contribution >= 0.6 is 11.6 Å². The second kappa shape index (κ2) is 7.00. The van der Waals surface area contributed by atoms with Gasteiger partial charge in [-0.1, -0.05) is 29.8 Å². The van der Waals surface area contributed by atoms with Crippen molar-refractivity contribution in [2.75, 3.05) is 14.1 Å². The van der Waals surface area contributed by atoms with Gasteiger partial charge in [0.1, 0.15) is 17.0 Å². The average molecular weight is 413 g/mol. The molecule has 2 aromatic carbocycles. The predicted octanol–water partition coefficient (Wildman–Crippen LogP) is 3.30. The lowest BCUT2D eigenvalue weighted by Gasteiger charge is -2.13. The number of hydrogen-bond acceptors (Lipinski definition) is 3. The Kier molecular flexibility index (Phi) is 4.62. The standard InChI is InChI=1S/C21H18ClFN4O2/c1-25(2)18(28)11-15-19-13-9-8-12(22)10-17(13)26(3)20(19)21(29)27(24-15)16-7-5-4-6-14(16)23/h4-10H,11H2,1-3H3. The number of likely N-dealkylation sites (N-methyl/N-ethyl adjacent to an activating group) is 1. The second-order valence-electron chi connectivity index (χ2n) is 7.02. The monoisotopic (exact) mass is 412 g/mol. The van der Waals surface area contributed by atoms with Crippen LogP contribution in [-0.4, -0.2) is 39.3 Å². The smallest absolute Gasteiger partial charge is 0.296 e. The molecule has 29 heavy (non-hydrogen) atoms. The van der Waals surface area contributed by atoms with Crippen molar-refractivity contribution in [3.8, 4) is 5.69 Å². The van der Waals surface area contributed by atoms with Gasteiger partial charge in [-0.15, -0.1) is 0 Å². The highest BCUT2D eigenvalue weighted by Crippen LogP contribution is 2.31. The molecule has 6 nitrogen and oxygen atoms in total. The van der Waals surface area contributed by atoms with Gasteiger partial charge in [0.15, 0.2) is 0 Å². The third-order valence-corrected chi connectivity index (χ3v) is 5.20. The van der Waals surface area contributed by atoms with Crippen LogP contribution in [0.5, 0.6) is 0 Å². The third-order valence-electron chi connectivity index (χ3n) is 4.97. The highest BCUT2D eigenvalue weighted by atomic mass is 35.5. The zero-order chi connectivity index (χ0) is 20.9. The van der Waals surface area contributed by atoms with Crippen molar-refractivity contribution in [2.45, 2.75) is 6.42 Å². The zero-order valence-electron chi connectivity index (χ0n) is 16.1. The molecule has 0 aliphatic heterocycles. The lowest BCUT2D eigenvalue weighted by Crippen LogP contribution is -2.28. The van der Waals surface area contributed by atoms with Crippen LogP contribution in [0.15, 0.2) is 47.3 Å². The maximum absolute atomic E-state index is 14.4. The molecule has 4 aromatic rings. The molecule has 0 saturated carbocycles. The first-order valence-corrected chi connectivity index (χ1v) is 9.32. The molecular formula is C21H18ClFN4O2. The van der Waals surface area contributed by atoms with Gasteiger partial charge in [0.25, 0.3) is 5.56 Å². The summed E-state index contributed by atoms with van der Waals surface area (Å²) >= 11 is 6.15. The lowest BCUT2D eigenvalue weighted by molar-refractivity contribution is -0.128. The number of amides is 1. The first-order chi connectivity index (χ1) is 13.8. The van der Waals surface area contributed by atoms with Crippen molar-refractivity contribution in [2.24, 2.45) is 7.05 Å². The molecule has 0 bridgehead atoms. The fraction of sp³-hybridized carbons (Fsp3) is 0.190. The van der Waals surface area contributed by atoms with E-state index >= 15 is 0 Å². The van der Waals surface area contributed by atoms with Crippen molar-refractivity contribution in [3.63, 3.8) is 0 Å². The molecule has 1 amide bonds. The molecule has 0 fully saturated rings. The molecule has 0 saturated heterocycles. The minimum atomic E-state index is -0.576. The summed E-state index contributed by atoms with van der Waals surface area (Å²) < 4.78 is 17.2. The van der Waals surface area contributed by atoms with Crippen molar-refractivity contribution < 1.29 is 9.18 Å². The van der Waals surface area contributed by atoms with Gasteiger partial charge < -0.3 is 9.47 Å². The van der Waals surface area contributed by atoms with Crippen LogP contribution in [0.4, 0.5) is 4.39 Å². The predicted molar refractivity (Wildman–Crippen MR) is 111 cm³/mol. The molecular weight excluding hydrogens is 395 g/mol. The summed E-state index contributed by atoms with van der Waals surface area (Å²) in [7, 11) is 5.04. The maximum Gasteiger partial charge on any atom is 0.296 e.